The lowest BCUT2D eigenvalue weighted by Gasteiger charge is -2.33. The highest BCUT2D eigenvalue weighted by Gasteiger charge is 2.31. The third-order valence-corrected chi connectivity index (χ3v) is 14.6. The molecule has 11 aromatic rings. The van der Waals surface area contributed by atoms with Crippen LogP contribution in [0.15, 0.2) is 167 Å². The van der Waals surface area contributed by atoms with Gasteiger partial charge in [-0.25, -0.2) is 0 Å². The lowest BCUT2D eigenvalue weighted by atomic mass is 9.58. The minimum absolute atomic E-state index is 0.0110. The Balaban J connectivity index is 1.09. The number of nitrogens with zero attached hydrogens (tertiary/aromatic N) is 2. The van der Waals surface area contributed by atoms with Crippen molar-refractivity contribution in [3.63, 3.8) is 0 Å². The average Bonchev–Trinajstić information content (AvgIpc) is 3.98. The SMILES string of the molecule is C=C1C=C(c2ccccc2)N(C)c2cc3c(cc21)Bc1c(-c2cc4c(cc2Nc2ccc(C(C)(C)C)cc2)oc2ccc(C(C)(C)C)cc24)ccc2c4cc5c(cc4n-3c12)oc1ccccc15. The van der Waals surface area contributed by atoms with Crippen LogP contribution in [0.25, 0.3) is 93.8 Å². The van der Waals surface area contributed by atoms with Crippen LogP contribution in [-0.4, -0.2) is 18.9 Å². The zero-order valence-electron chi connectivity index (χ0n) is 39.1. The van der Waals surface area contributed by atoms with E-state index >= 15 is 0 Å². The Labute approximate surface area is 390 Å². The number of hydrogen-bond acceptors (Lipinski definition) is 4. The molecule has 0 amide bonds. The highest BCUT2D eigenvalue weighted by molar-refractivity contribution is 6.73. The Morgan fingerprint density at radius 1 is 0.537 bits per heavy atom. The van der Waals surface area contributed by atoms with Crippen LogP contribution in [0.5, 0.6) is 0 Å². The average molecular weight is 868 g/mol. The molecule has 3 aromatic heterocycles. The first kappa shape index (κ1) is 39.7. The van der Waals surface area contributed by atoms with E-state index in [4.69, 9.17) is 8.83 Å². The van der Waals surface area contributed by atoms with Gasteiger partial charge in [0.25, 0.3) is 0 Å². The van der Waals surface area contributed by atoms with Crippen LogP contribution in [0.2, 0.25) is 0 Å². The quantitative estimate of drug-likeness (QED) is 0.179. The van der Waals surface area contributed by atoms with E-state index in [1.807, 2.05) is 6.07 Å². The van der Waals surface area contributed by atoms with Crippen LogP contribution in [0.3, 0.4) is 0 Å². The summed E-state index contributed by atoms with van der Waals surface area (Å²) in [6.07, 6.45) is 2.23. The number of aromatic nitrogens is 1. The third-order valence-electron chi connectivity index (χ3n) is 14.6. The number of benzene rings is 8. The molecule has 0 bridgehead atoms. The van der Waals surface area contributed by atoms with Crippen LogP contribution in [-0.2, 0) is 10.8 Å². The first-order chi connectivity index (χ1) is 32.3. The van der Waals surface area contributed by atoms with Crippen LogP contribution in [0.4, 0.5) is 17.1 Å². The normalized spacial score (nSPS) is 13.8. The first-order valence-corrected chi connectivity index (χ1v) is 23.4. The van der Waals surface area contributed by atoms with Gasteiger partial charge in [0.2, 0.25) is 0 Å². The van der Waals surface area contributed by atoms with E-state index in [1.54, 1.807) is 0 Å². The second kappa shape index (κ2) is 13.9. The summed E-state index contributed by atoms with van der Waals surface area (Å²) >= 11 is 0. The Bertz CT molecular complexity index is 3960. The van der Waals surface area contributed by atoms with Crippen molar-refractivity contribution in [1.29, 1.82) is 0 Å². The molecule has 324 valence electrons. The van der Waals surface area contributed by atoms with Crippen LogP contribution in [0, 0.1) is 0 Å². The zero-order chi connectivity index (χ0) is 45.7. The van der Waals surface area contributed by atoms with Gasteiger partial charge < -0.3 is 23.6 Å². The Morgan fingerprint density at radius 2 is 1.22 bits per heavy atom. The molecule has 8 aromatic carbocycles. The predicted molar refractivity (Wildman–Crippen MR) is 286 cm³/mol. The molecule has 5 heterocycles. The highest BCUT2D eigenvalue weighted by Crippen LogP contribution is 2.46. The van der Waals surface area contributed by atoms with E-state index < -0.39 is 0 Å². The zero-order valence-corrected chi connectivity index (χ0v) is 39.1. The van der Waals surface area contributed by atoms with Gasteiger partial charge in [-0.15, -0.1) is 0 Å². The summed E-state index contributed by atoms with van der Waals surface area (Å²) in [5.41, 5.74) is 22.2. The van der Waals surface area contributed by atoms with Gasteiger partial charge in [0.15, 0.2) is 7.28 Å². The standard InChI is InChI=1S/C61H50BN3O2/c1-34-26-50(35-14-10-9-11-15-35)64(8)51-32-53-48(30-42(34)51)62-58-40(23-24-41-44-29-46-39-16-12-13-17-54(39)66-57(46)33-52(44)65(53)59(41)58)43-28-47-45-27-37(61(5,6)7)20-25-55(45)67-56(47)31-49(43)63-38-21-18-36(19-22-38)60(2,3)4/h9-33,62-63H,1H2,2-8H3. The number of nitrogens with one attached hydrogen (secondary N) is 1. The summed E-state index contributed by atoms with van der Waals surface area (Å²) in [4.78, 5) is 2.33. The van der Waals surface area contributed by atoms with Crippen LogP contribution in [0.1, 0.15) is 63.8 Å². The van der Waals surface area contributed by atoms with Gasteiger partial charge in [0.05, 0.1) is 16.9 Å². The van der Waals surface area contributed by atoms with Crippen molar-refractivity contribution in [2.75, 3.05) is 17.3 Å². The van der Waals surface area contributed by atoms with Gasteiger partial charge in [-0.2, -0.15) is 0 Å². The van der Waals surface area contributed by atoms with Crippen molar-refractivity contribution in [2.24, 2.45) is 0 Å². The molecule has 0 fully saturated rings. The smallest absolute Gasteiger partial charge is 0.198 e. The molecule has 0 saturated heterocycles. The summed E-state index contributed by atoms with van der Waals surface area (Å²) in [7, 11) is 2.92. The molecule has 0 aliphatic carbocycles. The second-order valence-electron chi connectivity index (χ2n) is 20.9. The van der Waals surface area contributed by atoms with E-state index in [0.29, 0.717) is 0 Å². The van der Waals surface area contributed by atoms with Crippen molar-refractivity contribution < 1.29 is 8.83 Å². The second-order valence-corrected chi connectivity index (χ2v) is 20.9. The molecule has 1 N–H and O–H groups in total. The fraction of sp³-hybridized carbons (Fsp3) is 0.148. The largest absolute Gasteiger partial charge is 0.456 e. The van der Waals surface area contributed by atoms with E-state index in [-0.39, 0.29) is 10.8 Å². The van der Waals surface area contributed by atoms with Crippen molar-refractivity contribution in [3.05, 3.63) is 181 Å². The topological polar surface area (TPSA) is 46.5 Å². The lowest BCUT2D eigenvalue weighted by Crippen LogP contribution is -2.38. The minimum atomic E-state index is -0.0110. The number of furan rings is 2. The van der Waals surface area contributed by atoms with E-state index in [0.717, 1.165) is 102 Å². The maximum Gasteiger partial charge on any atom is 0.198 e. The summed E-state index contributed by atoms with van der Waals surface area (Å²) in [6.45, 7) is 18.3. The number of anilines is 3. The van der Waals surface area contributed by atoms with Gasteiger partial charge in [0, 0.05) is 85.2 Å². The van der Waals surface area contributed by atoms with Gasteiger partial charge >= 0.3 is 0 Å². The molecule has 13 rings (SSSR count). The predicted octanol–water partition coefficient (Wildman–Crippen LogP) is 14.8. The Hall–Kier alpha value is -7.70. The molecule has 5 nitrogen and oxygen atoms in total. The van der Waals surface area contributed by atoms with E-state index in [9.17, 15) is 0 Å². The number of rotatable bonds is 4. The molecule has 0 radical (unpaired) electrons. The summed E-state index contributed by atoms with van der Waals surface area (Å²) in [5.74, 6) is 0. The maximum absolute atomic E-state index is 6.69. The van der Waals surface area contributed by atoms with E-state index in [1.165, 1.54) is 49.6 Å². The number of fused-ring (bicyclic) bond motifs is 12. The molecule has 0 spiro atoms. The van der Waals surface area contributed by atoms with Crippen molar-refractivity contribution in [1.82, 2.24) is 4.57 Å². The third kappa shape index (κ3) is 6.01. The number of allylic oxidation sites excluding steroid dienone is 2. The van der Waals surface area contributed by atoms with Crippen LogP contribution >= 0.6 is 0 Å². The summed E-state index contributed by atoms with van der Waals surface area (Å²) in [6, 6.07) is 53.3. The molecule has 2 aliphatic rings. The summed E-state index contributed by atoms with van der Waals surface area (Å²) in [5, 5.41) is 10.8. The summed E-state index contributed by atoms with van der Waals surface area (Å²) < 4.78 is 15.8. The molecule has 67 heavy (non-hydrogen) atoms. The number of hydrogen-bond donors (Lipinski definition) is 1. The molecule has 0 unspecified atom stereocenters. The van der Waals surface area contributed by atoms with Gasteiger partial charge in [-0.3, -0.25) is 0 Å². The van der Waals surface area contributed by atoms with Crippen molar-refractivity contribution >= 4 is 112 Å². The monoisotopic (exact) mass is 867 g/mol. The first-order valence-electron chi connectivity index (χ1n) is 23.4. The fourth-order valence-corrected chi connectivity index (χ4v) is 10.9. The van der Waals surface area contributed by atoms with Crippen molar-refractivity contribution in [3.8, 4) is 16.8 Å². The molecular formula is C61H50BN3O2. The van der Waals surface area contributed by atoms with E-state index in [2.05, 4.69) is 216 Å². The molecular weight excluding hydrogens is 818 g/mol. The van der Waals surface area contributed by atoms with Crippen molar-refractivity contribution in [2.45, 2.75) is 52.4 Å². The highest BCUT2D eigenvalue weighted by atomic mass is 16.3. The molecule has 0 saturated carbocycles. The fourth-order valence-electron chi connectivity index (χ4n) is 10.9. The maximum atomic E-state index is 6.69. The Kier molecular flexibility index (Phi) is 8.23. The van der Waals surface area contributed by atoms with Gasteiger partial charge in [-0.05, 0) is 98.7 Å². The molecule has 0 atom stereocenters. The molecule has 6 heteroatoms. The Morgan fingerprint density at radius 3 is 2.00 bits per heavy atom. The lowest BCUT2D eigenvalue weighted by molar-refractivity contribution is 0.590. The van der Waals surface area contributed by atoms with Crippen LogP contribution < -0.4 is 21.1 Å². The molecule has 2 aliphatic heterocycles. The minimum Gasteiger partial charge on any atom is -0.456 e. The van der Waals surface area contributed by atoms with Gasteiger partial charge in [-0.1, -0.05) is 139 Å². The number of para-hydroxylation sites is 1. The van der Waals surface area contributed by atoms with Gasteiger partial charge in [0.1, 0.15) is 22.3 Å².